The quantitative estimate of drug-likeness (QED) is 0.769. The van der Waals surface area contributed by atoms with Gasteiger partial charge in [0.05, 0.1) is 19.2 Å². The number of hydrogen-bond acceptors (Lipinski definition) is 6. The average molecular weight is 423 g/mol. The van der Waals surface area contributed by atoms with Gasteiger partial charge in [0.2, 0.25) is 5.91 Å². The van der Waals surface area contributed by atoms with Crippen LogP contribution in [0, 0.1) is 17.1 Å². The first-order chi connectivity index (χ1) is 15.0. The monoisotopic (exact) mass is 423 g/mol. The Morgan fingerprint density at radius 1 is 1.32 bits per heavy atom. The molecule has 7 nitrogen and oxygen atoms in total. The van der Waals surface area contributed by atoms with Gasteiger partial charge in [-0.05, 0) is 49.6 Å². The minimum Gasteiger partial charge on any atom is -0.494 e. The number of carbonyl (C=O) groups is 1. The van der Waals surface area contributed by atoms with Crippen LogP contribution in [0.2, 0.25) is 0 Å². The van der Waals surface area contributed by atoms with Crippen molar-refractivity contribution in [3.63, 3.8) is 0 Å². The van der Waals surface area contributed by atoms with Gasteiger partial charge in [-0.25, -0.2) is 9.37 Å². The molecular formula is C23H26FN5O2. The lowest BCUT2D eigenvalue weighted by Crippen LogP contribution is -2.57. The van der Waals surface area contributed by atoms with E-state index in [-0.39, 0.29) is 36.3 Å². The van der Waals surface area contributed by atoms with Gasteiger partial charge in [0.1, 0.15) is 11.9 Å². The van der Waals surface area contributed by atoms with Gasteiger partial charge in [0.15, 0.2) is 11.6 Å². The van der Waals surface area contributed by atoms with E-state index in [1.165, 1.54) is 13.2 Å². The van der Waals surface area contributed by atoms with Gasteiger partial charge in [0.25, 0.3) is 0 Å². The zero-order chi connectivity index (χ0) is 22.0. The summed E-state index contributed by atoms with van der Waals surface area (Å²) < 4.78 is 18.7. The van der Waals surface area contributed by atoms with Crippen LogP contribution in [0.3, 0.4) is 0 Å². The third-order valence-corrected chi connectivity index (χ3v) is 6.21. The fourth-order valence-corrected chi connectivity index (χ4v) is 4.50. The van der Waals surface area contributed by atoms with Gasteiger partial charge < -0.3 is 19.9 Å². The minimum atomic E-state index is -0.403. The molecule has 0 radical (unpaired) electrons. The summed E-state index contributed by atoms with van der Waals surface area (Å²) in [5.41, 5.74) is 1.41. The van der Waals surface area contributed by atoms with Gasteiger partial charge in [-0.1, -0.05) is 6.07 Å². The zero-order valence-corrected chi connectivity index (χ0v) is 17.7. The summed E-state index contributed by atoms with van der Waals surface area (Å²) in [6.07, 6.45) is 3.65. The molecule has 0 spiro atoms. The van der Waals surface area contributed by atoms with E-state index in [1.54, 1.807) is 24.4 Å². The number of halogens is 1. The number of ether oxygens (including phenoxy) is 1. The first-order valence-corrected chi connectivity index (χ1v) is 10.5. The predicted octanol–water partition coefficient (Wildman–Crippen LogP) is 2.63. The van der Waals surface area contributed by atoms with Crippen molar-refractivity contribution in [2.45, 2.75) is 37.9 Å². The smallest absolute Gasteiger partial charge is 0.236 e. The standard InChI is InChI=1S/C23H26FN5O2/c1-15(17-4-7-20(24)21(9-17)31-2)26-12-23(30)28-13-18-5-6-19(14-28)29(18)22-8-3-16(10-25)11-27-22/h3-4,7-9,11,15,18-19,26H,5-6,12-14H2,1-2H3/t15-,18?,19?/m0/s1. The molecule has 2 saturated heterocycles. The lowest BCUT2D eigenvalue weighted by atomic mass is 10.1. The molecule has 3 heterocycles. The second kappa shape index (κ2) is 8.90. The predicted molar refractivity (Wildman–Crippen MR) is 114 cm³/mol. The molecule has 1 aromatic carbocycles. The summed E-state index contributed by atoms with van der Waals surface area (Å²) in [6.45, 7) is 3.49. The Morgan fingerprint density at radius 3 is 2.68 bits per heavy atom. The van der Waals surface area contributed by atoms with E-state index < -0.39 is 5.82 Å². The third kappa shape index (κ3) is 4.32. The largest absolute Gasteiger partial charge is 0.494 e. The van der Waals surface area contributed by atoms with Crippen LogP contribution in [-0.4, -0.2) is 54.6 Å². The number of carbonyl (C=O) groups excluding carboxylic acids is 1. The number of likely N-dealkylation sites (tertiary alicyclic amines) is 1. The van der Waals surface area contributed by atoms with Gasteiger partial charge in [-0.2, -0.15) is 5.26 Å². The van der Waals surface area contributed by atoms with Crippen LogP contribution >= 0.6 is 0 Å². The molecule has 2 aromatic rings. The van der Waals surface area contributed by atoms with Crippen molar-refractivity contribution in [1.29, 1.82) is 5.26 Å². The van der Waals surface area contributed by atoms with E-state index in [9.17, 15) is 9.18 Å². The summed E-state index contributed by atoms with van der Waals surface area (Å²) in [7, 11) is 1.44. The van der Waals surface area contributed by atoms with E-state index in [0.29, 0.717) is 18.7 Å². The Bertz CT molecular complexity index is 976. The summed E-state index contributed by atoms with van der Waals surface area (Å²) in [5.74, 6) is 0.724. The number of amides is 1. The highest BCUT2D eigenvalue weighted by Gasteiger charge is 2.41. The highest BCUT2D eigenvalue weighted by Crippen LogP contribution is 2.34. The number of methoxy groups -OCH3 is 1. The van der Waals surface area contributed by atoms with E-state index in [1.807, 2.05) is 17.9 Å². The van der Waals surface area contributed by atoms with Crippen molar-refractivity contribution in [2.24, 2.45) is 0 Å². The van der Waals surface area contributed by atoms with Crippen molar-refractivity contribution >= 4 is 11.7 Å². The molecule has 2 unspecified atom stereocenters. The molecule has 3 atom stereocenters. The molecule has 8 heteroatoms. The van der Waals surface area contributed by atoms with Gasteiger partial charge in [-0.3, -0.25) is 4.79 Å². The van der Waals surface area contributed by atoms with Crippen LogP contribution in [-0.2, 0) is 4.79 Å². The van der Waals surface area contributed by atoms with Crippen molar-refractivity contribution < 1.29 is 13.9 Å². The fraction of sp³-hybridized carbons (Fsp3) is 0.435. The molecule has 0 aliphatic carbocycles. The number of benzene rings is 1. The maximum atomic E-state index is 13.6. The number of rotatable bonds is 6. The number of anilines is 1. The van der Waals surface area contributed by atoms with Crippen LogP contribution in [0.25, 0.3) is 0 Å². The molecule has 2 aliphatic heterocycles. The molecule has 2 bridgehead atoms. The lowest BCUT2D eigenvalue weighted by Gasteiger charge is -2.42. The molecule has 2 aliphatic rings. The number of nitrogens with zero attached hydrogens (tertiary/aromatic N) is 4. The van der Waals surface area contributed by atoms with Crippen molar-refractivity contribution in [1.82, 2.24) is 15.2 Å². The van der Waals surface area contributed by atoms with Crippen LogP contribution < -0.4 is 15.0 Å². The number of pyridine rings is 1. The van der Waals surface area contributed by atoms with Crippen LogP contribution in [0.4, 0.5) is 10.2 Å². The molecule has 0 saturated carbocycles. The van der Waals surface area contributed by atoms with E-state index in [2.05, 4.69) is 21.3 Å². The summed E-state index contributed by atoms with van der Waals surface area (Å²) in [6, 6.07) is 10.9. The van der Waals surface area contributed by atoms with Gasteiger partial charge in [0, 0.05) is 37.4 Å². The summed E-state index contributed by atoms with van der Waals surface area (Å²) in [5, 5.41) is 12.2. The van der Waals surface area contributed by atoms with Gasteiger partial charge in [-0.15, -0.1) is 0 Å². The topological polar surface area (TPSA) is 81.5 Å². The molecule has 1 aromatic heterocycles. The maximum Gasteiger partial charge on any atom is 0.236 e. The maximum absolute atomic E-state index is 13.6. The second-order valence-electron chi connectivity index (χ2n) is 8.10. The lowest BCUT2D eigenvalue weighted by molar-refractivity contribution is -0.131. The molecule has 1 N–H and O–H groups in total. The first-order valence-electron chi connectivity index (χ1n) is 10.5. The molecule has 162 valence electrons. The highest BCUT2D eigenvalue weighted by molar-refractivity contribution is 5.79. The van der Waals surface area contributed by atoms with E-state index in [0.717, 1.165) is 24.2 Å². The summed E-state index contributed by atoms with van der Waals surface area (Å²) >= 11 is 0. The Balaban J connectivity index is 1.35. The van der Waals surface area contributed by atoms with E-state index in [4.69, 9.17) is 10.00 Å². The number of piperazine rings is 1. The van der Waals surface area contributed by atoms with Crippen LogP contribution in [0.5, 0.6) is 5.75 Å². The first kappa shape index (κ1) is 21.1. The van der Waals surface area contributed by atoms with Crippen molar-refractivity contribution in [3.8, 4) is 11.8 Å². The molecule has 2 fully saturated rings. The second-order valence-corrected chi connectivity index (χ2v) is 8.10. The molecule has 31 heavy (non-hydrogen) atoms. The van der Waals surface area contributed by atoms with Crippen molar-refractivity contribution in [2.75, 3.05) is 31.6 Å². The van der Waals surface area contributed by atoms with Gasteiger partial charge >= 0.3 is 0 Å². The Labute approximate surface area is 181 Å². The third-order valence-electron chi connectivity index (χ3n) is 6.21. The van der Waals surface area contributed by atoms with E-state index >= 15 is 0 Å². The van der Waals surface area contributed by atoms with Crippen LogP contribution in [0.15, 0.2) is 36.5 Å². The zero-order valence-electron chi connectivity index (χ0n) is 17.7. The fourth-order valence-electron chi connectivity index (χ4n) is 4.50. The summed E-state index contributed by atoms with van der Waals surface area (Å²) in [4.78, 5) is 21.5. The number of fused-ring (bicyclic) bond motifs is 2. The Kier molecular flexibility index (Phi) is 6.05. The SMILES string of the molecule is COc1cc([C@H](C)NCC(=O)N2CC3CCC(C2)N3c2ccc(C#N)cn2)ccc1F. The average Bonchev–Trinajstić information content (AvgIpc) is 3.06. The van der Waals surface area contributed by atoms with Crippen molar-refractivity contribution in [3.05, 3.63) is 53.5 Å². The number of hydrogen-bond donors (Lipinski definition) is 1. The Morgan fingerprint density at radius 2 is 2.06 bits per heavy atom. The Hall–Kier alpha value is -3.18. The highest BCUT2D eigenvalue weighted by atomic mass is 19.1. The van der Waals surface area contributed by atoms with Crippen LogP contribution in [0.1, 0.15) is 36.9 Å². The number of nitriles is 1. The minimum absolute atomic E-state index is 0.0604. The normalized spacial score (nSPS) is 21.0. The number of nitrogens with one attached hydrogen (secondary N) is 1. The molecule has 4 rings (SSSR count). The number of aromatic nitrogens is 1. The molecule has 1 amide bonds. The molecular weight excluding hydrogens is 397 g/mol.